The first-order valence-corrected chi connectivity index (χ1v) is 16.4. The predicted octanol–water partition coefficient (Wildman–Crippen LogP) is 8.52. The highest BCUT2D eigenvalue weighted by molar-refractivity contribution is 9.10. The molecule has 1 N–H and O–H groups in total. The van der Waals surface area contributed by atoms with Crippen LogP contribution in [0.3, 0.4) is 0 Å². The highest BCUT2D eigenvalue weighted by atomic mass is 79.9. The quantitative estimate of drug-likeness (QED) is 0.0943. The molecule has 234 valence electrons. The summed E-state index contributed by atoms with van der Waals surface area (Å²) in [5.41, 5.74) is 7.41. The van der Waals surface area contributed by atoms with Gasteiger partial charge in [0.05, 0.1) is 17.2 Å². The molecule has 0 aliphatic carbocycles. The van der Waals surface area contributed by atoms with Crippen LogP contribution in [0.4, 0.5) is 5.95 Å². The number of fused-ring (bicyclic) bond motifs is 1. The Morgan fingerprint density at radius 2 is 1.87 bits per heavy atom. The van der Waals surface area contributed by atoms with Crippen LogP contribution in [0, 0.1) is 20.8 Å². The van der Waals surface area contributed by atoms with Crippen LogP contribution in [-0.2, 0) is 21.9 Å². The molecule has 8 nitrogen and oxygen atoms in total. The van der Waals surface area contributed by atoms with E-state index < -0.39 is 12.0 Å². The lowest BCUT2D eigenvalue weighted by molar-refractivity contribution is -0.138. The number of allylic oxidation sites excluding steroid dienone is 1. The van der Waals surface area contributed by atoms with Gasteiger partial charge < -0.3 is 19.5 Å². The van der Waals surface area contributed by atoms with E-state index in [0.29, 0.717) is 55.7 Å². The van der Waals surface area contributed by atoms with Gasteiger partial charge in [-0.15, -0.1) is 5.10 Å². The van der Waals surface area contributed by atoms with E-state index in [0.717, 1.165) is 22.3 Å². The number of nitrogens with zero attached hydrogens (tertiary/aromatic N) is 3. The minimum absolute atomic E-state index is 0.0726. The number of ether oxygens (including phenoxy) is 3. The van der Waals surface area contributed by atoms with Gasteiger partial charge in [0.15, 0.2) is 11.5 Å². The average molecular weight is 710 g/mol. The number of aryl methyl sites for hydroxylation is 3. The number of carbonyl (C=O) groups excluding carboxylic acids is 1. The van der Waals surface area contributed by atoms with Crippen molar-refractivity contribution in [3.63, 3.8) is 0 Å². The van der Waals surface area contributed by atoms with Crippen LogP contribution in [0.5, 0.6) is 11.5 Å². The third-order valence-corrected chi connectivity index (χ3v) is 9.44. The largest absolute Gasteiger partial charge is 0.493 e. The number of methoxy groups -OCH3 is 1. The molecule has 0 saturated carbocycles. The van der Waals surface area contributed by atoms with Crippen molar-refractivity contribution >= 4 is 51.2 Å². The number of hydrogen-bond acceptors (Lipinski definition) is 8. The smallest absolute Gasteiger partial charge is 0.338 e. The molecule has 0 saturated heterocycles. The minimum atomic E-state index is -0.665. The maximum absolute atomic E-state index is 13.4. The summed E-state index contributed by atoms with van der Waals surface area (Å²) in [4.78, 5) is 18.2. The fourth-order valence-electron chi connectivity index (χ4n) is 5.10. The molecule has 0 amide bonds. The van der Waals surface area contributed by atoms with Crippen molar-refractivity contribution in [3.8, 4) is 11.5 Å². The third kappa shape index (κ3) is 7.08. The predicted molar refractivity (Wildman–Crippen MR) is 182 cm³/mol. The van der Waals surface area contributed by atoms with Crippen molar-refractivity contribution < 1.29 is 19.0 Å². The van der Waals surface area contributed by atoms with E-state index in [-0.39, 0.29) is 6.61 Å². The molecule has 0 radical (unpaired) electrons. The zero-order valence-corrected chi connectivity index (χ0v) is 28.9. The normalized spacial score (nSPS) is 14.1. The maximum atomic E-state index is 13.4. The van der Waals surface area contributed by atoms with Crippen LogP contribution in [0.1, 0.15) is 46.3 Å². The van der Waals surface area contributed by atoms with Crippen molar-refractivity contribution in [2.24, 2.45) is 0 Å². The molecular formula is C34H34BrClN4O4S. The number of esters is 1. The van der Waals surface area contributed by atoms with Crippen molar-refractivity contribution in [1.82, 2.24) is 14.8 Å². The second-order valence-corrected chi connectivity index (χ2v) is 12.9. The number of thioether (sulfide) groups is 1. The van der Waals surface area contributed by atoms with Crippen LogP contribution in [0.15, 0.2) is 82.1 Å². The number of hydrogen-bond donors (Lipinski definition) is 1. The Hall–Kier alpha value is -3.73. The number of carbonyl (C=O) groups is 1. The molecule has 1 aliphatic rings. The molecule has 1 aromatic heterocycles. The monoisotopic (exact) mass is 708 g/mol. The summed E-state index contributed by atoms with van der Waals surface area (Å²) in [5.74, 6) is 1.65. The van der Waals surface area contributed by atoms with Gasteiger partial charge in [-0.25, -0.2) is 9.48 Å². The molecule has 3 aromatic carbocycles. The molecule has 1 aliphatic heterocycles. The molecule has 1 atom stereocenters. The number of halogens is 2. The van der Waals surface area contributed by atoms with Crippen molar-refractivity contribution in [3.05, 3.63) is 115 Å². The van der Waals surface area contributed by atoms with Crippen LogP contribution in [0.25, 0.3) is 0 Å². The number of anilines is 1. The lowest BCUT2D eigenvalue weighted by atomic mass is 9.95. The Labute approximate surface area is 280 Å². The number of nitrogens with one attached hydrogen (secondary N) is 1. The average Bonchev–Trinajstić information content (AvgIpc) is 3.42. The SMILES string of the molecule is C=CCOC(=O)C1=C(C)Nc2nc(SCc3ccccc3Cl)nn2C1c1cc(Br)c(OCc2cc(C)c(C)cc2C)c(OC)c1. The molecule has 4 aromatic rings. The summed E-state index contributed by atoms with van der Waals surface area (Å²) < 4.78 is 20.0. The minimum Gasteiger partial charge on any atom is -0.493 e. The van der Waals surface area contributed by atoms with Crippen LogP contribution >= 0.6 is 39.3 Å². The van der Waals surface area contributed by atoms with Crippen LogP contribution in [-0.4, -0.2) is 34.5 Å². The van der Waals surface area contributed by atoms with E-state index >= 15 is 0 Å². The van der Waals surface area contributed by atoms with Crippen molar-refractivity contribution in [2.75, 3.05) is 19.0 Å². The highest BCUT2D eigenvalue weighted by Gasteiger charge is 2.36. The second kappa shape index (κ2) is 14.1. The zero-order valence-electron chi connectivity index (χ0n) is 25.7. The Morgan fingerprint density at radius 3 is 2.60 bits per heavy atom. The summed E-state index contributed by atoms with van der Waals surface area (Å²) in [7, 11) is 1.59. The Bertz CT molecular complexity index is 1810. The van der Waals surface area contributed by atoms with E-state index in [2.05, 4.69) is 60.7 Å². The number of aromatic nitrogens is 3. The number of benzene rings is 3. The summed E-state index contributed by atoms with van der Waals surface area (Å²) in [6.07, 6.45) is 1.53. The van der Waals surface area contributed by atoms with E-state index in [9.17, 15) is 4.79 Å². The van der Waals surface area contributed by atoms with Gasteiger partial charge in [0.1, 0.15) is 19.3 Å². The van der Waals surface area contributed by atoms with Crippen LogP contribution in [0.2, 0.25) is 5.02 Å². The van der Waals surface area contributed by atoms with E-state index in [1.807, 2.05) is 43.3 Å². The zero-order chi connectivity index (χ0) is 32.2. The second-order valence-electron chi connectivity index (χ2n) is 10.7. The first kappa shape index (κ1) is 32.7. The Balaban J connectivity index is 1.52. The molecule has 2 heterocycles. The molecule has 0 fully saturated rings. The van der Waals surface area contributed by atoms with E-state index in [1.165, 1.54) is 29.0 Å². The highest BCUT2D eigenvalue weighted by Crippen LogP contribution is 2.44. The van der Waals surface area contributed by atoms with Crippen molar-refractivity contribution in [2.45, 2.75) is 51.3 Å². The van der Waals surface area contributed by atoms with Crippen molar-refractivity contribution in [1.29, 1.82) is 0 Å². The fraction of sp³-hybridized carbons (Fsp3) is 0.265. The summed E-state index contributed by atoms with van der Waals surface area (Å²) in [5, 5.41) is 9.28. The van der Waals surface area contributed by atoms with Crippen LogP contribution < -0.4 is 14.8 Å². The molecule has 45 heavy (non-hydrogen) atoms. The van der Waals surface area contributed by atoms with Gasteiger partial charge in [-0.05, 0) is 95.2 Å². The molecule has 5 rings (SSSR count). The van der Waals surface area contributed by atoms with Gasteiger partial charge in [0, 0.05) is 16.5 Å². The first-order chi connectivity index (χ1) is 21.6. The number of rotatable bonds is 11. The lowest BCUT2D eigenvalue weighted by Gasteiger charge is -2.28. The molecule has 0 bridgehead atoms. The van der Waals surface area contributed by atoms with Gasteiger partial charge in [0.2, 0.25) is 11.1 Å². The maximum Gasteiger partial charge on any atom is 0.338 e. The molecular weight excluding hydrogens is 676 g/mol. The molecule has 0 spiro atoms. The van der Waals surface area contributed by atoms with Gasteiger partial charge in [-0.2, -0.15) is 4.98 Å². The first-order valence-electron chi connectivity index (χ1n) is 14.3. The molecule has 1 unspecified atom stereocenters. The Kier molecular flexibility index (Phi) is 10.3. The standard InChI is InChI=1S/C34H34BrClN4O4S/c1-7-12-43-32(41)29-22(5)37-33-38-34(45-18-23-10-8-9-11-27(23)36)39-40(33)30(29)24-15-26(35)31(28(16-24)42-6)44-17-25-14-20(3)19(2)13-21(25)4/h7-11,13-16,30H,1,12,17-18H2,2-6H3,(H,37,38,39). The lowest BCUT2D eigenvalue weighted by Crippen LogP contribution is -2.29. The third-order valence-electron chi connectivity index (χ3n) is 7.59. The summed E-state index contributed by atoms with van der Waals surface area (Å²) in [6, 6.07) is 15.1. The van der Waals surface area contributed by atoms with E-state index in [4.69, 9.17) is 35.9 Å². The van der Waals surface area contributed by atoms with Gasteiger partial charge in [-0.1, -0.05) is 66.3 Å². The molecule has 11 heteroatoms. The summed E-state index contributed by atoms with van der Waals surface area (Å²) >= 11 is 11.5. The fourth-order valence-corrected chi connectivity index (χ4v) is 6.79. The van der Waals surface area contributed by atoms with E-state index in [1.54, 1.807) is 11.8 Å². The van der Waals surface area contributed by atoms with Gasteiger partial charge >= 0.3 is 5.97 Å². The Morgan fingerprint density at radius 1 is 1.11 bits per heavy atom. The summed E-state index contributed by atoms with van der Waals surface area (Å²) in [6.45, 7) is 12.2. The van der Waals surface area contributed by atoms with Gasteiger partial charge in [-0.3, -0.25) is 0 Å². The topological polar surface area (TPSA) is 87.5 Å². The van der Waals surface area contributed by atoms with Gasteiger partial charge in [0.25, 0.3) is 0 Å².